The van der Waals surface area contributed by atoms with Gasteiger partial charge in [0.2, 0.25) is 5.91 Å². The van der Waals surface area contributed by atoms with Gasteiger partial charge < -0.3 is 20.1 Å². The van der Waals surface area contributed by atoms with Gasteiger partial charge in [-0.25, -0.2) is 0 Å². The standard InChI is InChI=1S/C21H26N2O3/c1-25-19-12-17(14-22-10-11-23-21(24)16-8-9-16)18(13-20(19)26-2)15-6-4-3-5-7-15/h3-7,12-13,16,22H,8-11,14H2,1-2H3,(H,23,24). The van der Waals surface area contributed by atoms with Crippen LogP contribution in [-0.4, -0.2) is 33.2 Å². The number of carbonyl (C=O) groups excluding carboxylic acids is 1. The maximum Gasteiger partial charge on any atom is 0.223 e. The van der Waals surface area contributed by atoms with E-state index in [0.29, 0.717) is 24.6 Å². The summed E-state index contributed by atoms with van der Waals surface area (Å²) >= 11 is 0. The molecule has 0 atom stereocenters. The van der Waals surface area contributed by atoms with Gasteiger partial charge in [0.1, 0.15) is 0 Å². The van der Waals surface area contributed by atoms with Gasteiger partial charge >= 0.3 is 0 Å². The van der Waals surface area contributed by atoms with Crippen molar-refractivity contribution in [1.82, 2.24) is 10.6 Å². The smallest absolute Gasteiger partial charge is 0.223 e. The fourth-order valence-corrected chi connectivity index (χ4v) is 2.94. The third-order valence-electron chi connectivity index (χ3n) is 4.56. The highest BCUT2D eigenvalue weighted by Gasteiger charge is 2.28. The minimum atomic E-state index is 0.183. The third-order valence-corrected chi connectivity index (χ3v) is 4.56. The Morgan fingerprint density at radius 3 is 2.38 bits per heavy atom. The number of rotatable bonds is 9. The lowest BCUT2D eigenvalue weighted by Gasteiger charge is -2.16. The van der Waals surface area contributed by atoms with E-state index in [1.54, 1.807) is 14.2 Å². The van der Waals surface area contributed by atoms with Crippen LogP contribution in [0.25, 0.3) is 11.1 Å². The average Bonchev–Trinajstić information content (AvgIpc) is 3.53. The fraction of sp³-hybridized carbons (Fsp3) is 0.381. The summed E-state index contributed by atoms with van der Waals surface area (Å²) < 4.78 is 10.9. The van der Waals surface area contributed by atoms with Crippen LogP contribution >= 0.6 is 0 Å². The van der Waals surface area contributed by atoms with E-state index < -0.39 is 0 Å². The number of benzene rings is 2. The van der Waals surface area contributed by atoms with Crippen molar-refractivity contribution in [2.45, 2.75) is 19.4 Å². The number of nitrogens with one attached hydrogen (secondary N) is 2. The van der Waals surface area contributed by atoms with Gasteiger partial charge in [-0.1, -0.05) is 30.3 Å². The van der Waals surface area contributed by atoms with Crippen molar-refractivity contribution in [2.75, 3.05) is 27.3 Å². The first-order chi connectivity index (χ1) is 12.7. The molecular weight excluding hydrogens is 328 g/mol. The molecule has 0 heterocycles. The van der Waals surface area contributed by atoms with Gasteiger partial charge in [-0.05, 0) is 41.7 Å². The van der Waals surface area contributed by atoms with Gasteiger partial charge in [0, 0.05) is 25.6 Å². The summed E-state index contributed by atoms with van der Waals surface area (Å²) in [5.74, 6) is 1.87. The number of methoxy groups -OCH3 is 2. The Balaban J connectivity index is 1.68. The van der Waals surface area contributed by atoms with Crippen LogP contribution in [-0.2, 0) is 11.3 Å². The first kappa shape index (κ1) is 18.3. The molecule has 2 aromatic rings. The predicted octanol–water partition coefficient (Wildman–Crippen LogP) is 2.99. The number of ether oxygens (including phenoxy) is 2. The maximum absolute atomic E-state index is 11.7. The van der Waals surface area contributed by atoms with Crippen LogP contribution in [0.3, 0.4) is 0 Å². The summed E-state index contributed by atoms with van der Waals surface area (Å²) in [7, 11) is 3.29. The van der Waals surface area contributed by atoms with Crippen molar-refractivity contribution in [3.05, 3.63) is 48.0 Å². The Labute approximate surface area is 154 Å². The van der Waals surface area contributed by atoms with E-state index in [1.807, 2.05) is 30.3 Å². The number of hydrogen-bond acceptors (Lipinski definition) is 4. The van der Waals surface area contributed by atoms with E-state index >= 15 is 0 Å². The van der Waals surface area contributed by atoms with Crippen molar-refractivity contribution in [1.29, 1.82) is 0 Å². The fourth-order valence-electron chi connectivity index (χ4n) is 2.94. The Morgan fingerprint density at radius 2 is 1.73 bits per heavy atom. The summed E-state index contributed by atoms with van der Waals surface area (Å²) in [6, 6.07) is 14.2. The van der Waals surface area contributed by atoms with Crippen LogP contribution < -0.4 is 20.1 Å². The molecule has 26 heavy (non-hydrogen) atoms. The molecule has 3 rings (SSSR count). The normalized spacial score (nSPS) is 13.3. The highest BCUT2D eigenvalue weighted by molar-refractivity contribution is 5.80. The first-order valence-corrected chi connectivity index (χ1v) is 9.01. The molecule has 138 valence electrons. The Hall–Kier alpha value is -2.53. The van der Waals surface area contributed by atoms with Crippen LogP contribution in [0, 0.1) is 5.92 Å². The minimum Gasteiger partial charge on any atom is -0.493 e. The molecule has 0 spiro atoms. The molecule has 1 aliphatic rings. The molecule has 2 aromatic carbocycles. The monoisotopic (exact) mass is 354 g/mol. The molecule has 5 heteroatoms. The molecule has 1 saturated carbocycles. The predicted molar refractivity (Wildman–Crippen MR) is 102 cm³/mol. The Bertz CT molecular complexity index is 742. The second kappa shape index (κ2) is 8.72. The highest BCUT2D eigenvalue weighted by atomic mass is 16.5. The quantitative estimate of drug-likeness (QED) is 0.680. The third kappa shape index (κ3) is 4.55. The lowest BCUT2D eigenvalue weighted by atomic mass is 9.98. The average molecular weight is 354 g/mol. The Morgan fingerprint density at radius 1 is 1.04 bits per heavy atom. The molecule has 1 aliphatic carbocycles. The summed E-state index contributed by atoms with van der Waals surface area (Å²) in [6.45, 7) is 2.05. The molecule has 0 unspecified atom stereocenters. The molecule has 5 nitrogen and oxygen atoms in total. The lowest BCUT2D eigenvalue weighted by molar-refractivity contribution is -0.122. The van der Waals surface area contributed by atoms with Crippen LogP contribution in [0.5, 0.6) is 11.5 Å². The molecule has 0 bridgehead atoms. The minimum absolute atomic E-state index is 0.183. The van der Waals surface area contributed by atoms with Crippen LogP contribution in [0.4, 0.5) is 0 Å². The van der Waals surface area contributed by atoms with Gasteiger partial charge in [-0.2, -0.15) is 0 Å². The second-order valence-corrected chi connectivity index (χ2v) is 6.47. The highest BCUT2D eigenvalue weighted by Crippen LogP contribution is 2.35. The molecule has 1 amide bonds. The zero-order valence-electron chi connectivity index (χ0n) is 15.4. The largest absolute Gasteiger partial charge is 0.493 e. The maximum atomic E-state index is 11.7. The number of amides is 1. The summed E-state index contributed by atoms with van der Waals surface area (Å²) in [6.07, 6.45) is 2.07. The number of hydrogen-bond donors (Lipinski definition) is 2. The molecule has 2 N–H and O–H groups in total. The zero-order valence-corrected chi connectivity index (χ0v) is 15.4. The van der Waals surface area contributed by atoms with E-state index in [0.717, 1.165) is 36.1 Å². The second-order valence-electron chi connectivity index (χ2n) is 6.47. The SMILES string of the molecule is COc1cc(CNCCNC(=O)C2CC2)c(-c2ccccc2)cc1OC. The van der Waals surface area contributed by atoms with Crippen molar-refractivity contribution < 1.29 is 14.3 Å². The molecular formula is C21H26N2O3. The summed E-state index contributed by atoms with van der Waals surface area (Å²) in [4.78, 5) is 11.7. The summed E-state index contributed by atoms with van der Waals surface area (Å²) in [5, 5.41) is 6.38. The molecule has 0 aromatic heterocycles. The van der Waals surface area contributed by atoms with Crippen LogP contribution in [0.2, 0.25) is 0 Å². The van der Waals surface area contributed by atoms with Crippen molar-refractivity contribution in [2.24, 2.45) is 5.92 Å². The van der Waals surface area contributed by atoms with Crippen LogP contribution in [0.15, 0.2) is 42.5 Å². The zero-order chi connectivity index (χ0) is 18.4. The number of carbonyl (C=O) groups is 1. The van der Waals surface area contributed by atoms with Gasteiger partial charge in [0.25, 0.3) is 0 Å². The Kier molecular flexibility index (Phi) is 6.12. The van der Waals surface area contributed by atoms with Gasteiger partial charge in [0.05, 0.1) is 14.2 Å². The van der Waals surface area contributed by atoms with Crippen molar-refractivity contribution >= 4 is 5.91 Å². The van der Waals surface area contributed by atoms with Crippen LogP contribution in [0.1, 0.15) is 18.4 Å². The van der Waals surface area contributed by atoms with Crippen molar-refractivity contribution in [3.8, 4) is 22.6 Å². The first-order valence-electron chi connectivity index (χ1n) is 9.01. The molecule has 0 radical (unpaired) electrons. The van der Waals surface area contributed by atoms with E-state index in [9.17, 15) is 4.79 Å². The summed E-state index contributed by atoms with van der Waals surface area (Å²) in [5.41, 5.74) is 3.37. The molecule has 1 fully saturated rings. The van der Waals surface area contributed by atoms with E-state index in [4.69, 9.17) is 9.47 Å². The van der Waals surface area contributed by atoms with Gasteiger partial charge in [-0.15, -0.1) is 0 Å². The van der Waals surface area contributed by atoms with E-state index in [-0.39, 0.29) is 11.8 Å². The molecule has 0 aliphatic heterocycles. The topological polar surface area (TPSA) is 59.6 Å². The lowest BCUT2D eigenvalue weighted by Crippen LogP contribution is -2.32. The molecule has 0 saturated heterocycles. The van der Waals surface area contributed by atoms with E-state index in [1.165, 1.54) is 0 Å². The van der Waals surface area contributed by atoms with Crippen molar-refractivity contribution in [3.63, 3.8) is 0 Å². The van der Waals surface area contributed by atoms with E-state index in [2.05, 4.69) is 22.8 Å². The van der Waals surface area contributed by atoms with Gasteiger partial charge in [-0.3, -0.25) is 4.79 Å². The van der Waals surface area contributed by atoms with Gasteiger partial charge in [0.15, 0.2) is 11.5 Å².